The van der Waals surface area contributed by atoms with Crippen LogP contribution in [0.15, 0.2) is 0 Å². The zero-order valence-electron chi connectivity index (χ0n) is 6.62. The van der Waals surface area contributed by atoms with Crippen molar-refractivity contribution in [2.45, 2.75) is 25.3 Å². The predicted molar refractivity (Wildman–Crippen MR) is 40.4 cm³/mol. The van der Waals surface area contributed by atoms with Crippen LogP contribution >= 0.6 is 0 Å². The minimum absolute atomic E-state index is 0.0139. The Morgan fingerprint density at radius 3 is 2.92 bits per heavy atom. The van der Waals surface area contributed by atoms with Gasteiger partial charge in [0.25, 0.3) is 0 Å². The van der Waals surface area contributed by atoms with E-state index in [-0.39, 0.29) is 17.9 Å². The number of carbonyl (C=O) groups is 2. The van der Waals surface area contributed by atoms with Crippen LogP contribution in [0.3, 0.4) is 0 Å². The maximum atomic E-state index is 11.0. The Morgan fingerprint density at radius 1 is 1.50 bits per heavy atom. The number of nitrogens with one attached hydrogen (secondary N) is 1. The summed E-state index contributed by atoms with van der Waals surface area (Å²) in [6.07, 6.45) is 2.03. The number of hydrogen-bond acceptors (Lipinski definition) is 2. The number of carbonyl (C=O) groups excluding carboxylic acids is 1. The lowest BCUT2D eigenvalue weighted by molar-refractivity contribution is -0.142. The fraction of sp³-hybridized carbons (Fsp3) is 0.750. The summed E-state index contributed by atoms with van der Waals surface area (Å²) in [6, 6.07) is -0.103. The third-order valence-electron chi connectivity index (χ3n) is 2.80. The van der Waals surface area contributed by atoms with Crippen molar-refractivity contribution in [1.82, 2.24) is 5.32 Å². The monoisotopic (exact) mass is 169 g/mol. The number of amides is 1. The molecule has 0 aromatic carbocycles. The van der Waals surface area contributed by atoms with Crippen LogP contribution in [0.1, 0.15) is 19.3 Å². The Hall–Kier alpha value is -1.06. The largest absolute Gasteiger partial charge is 0.481 e. The van der Waals surface area contributed by atoms with Crippen LogP contribution in [-0.4, -0.2) is 23.0 Å². The normalized spacial score (nSPS) is 39.3. The number of rotatable bonds is 1. The van der Waals surface area contributed by atoms with Gasteiger partial charge in [-0.1, -0.05) is 0 Å². The van der Waals surface area contributed by atoms with Crippen LogP contribution in [0.25, 0.3) is 0 Å². The summed E-state index contributed by atoms with van der Waals surface area (Å²) in [6.45, 7) is 0. The lowest BCUT2D eigenvalue weighted by Crippen LogP contribution is -2.42. The molecule has 0 spiro atoms. The van der Waals surface area contributed by atoms with Crippen molar-refractivity contribution in [3.05, 3.63) is 0 Å². The third kappa shape index (κ3) is 1.07. The van der Waals surface area contributed by atoms with E-state index in [9.17, 15) is 9.59 Å². The molecule has 0 radical (unpaired) electrons. The molecule has 0 aromatic heterocycles. The number of carboxylic acids is 1. The summed E-state index contributed by atoms with van der Waals surface area (Å²) in [7, 11) is 0. The van der Waals surface area contributed by atoms with E-state index < -0.39 is 5.97 Å². The summed E-state index contributed by atoms with van der Waals surface area (Å²) in [5.41, 5.74) is 0. The quantitative estimate of drug-likeness (QED) is 0.580. The average molecular weight is 169 g/mol. The van der Waals surface area contributed by atoms with Gasteiger partial charge >= 0.3 is 5.97 Å². The van der Waals surface area contributed by atoms with Crippen molar-refractivity contribution >= 4 is 11.9 Å². The Balaban J connectivity index is 2.14. The molecule has 1 aliphatic carbocycles. The second-order valence-electron chi connectivity index (χ2n) is 3.66. The molecule has 12 heavy (non-hydrogen) atoms. The molecule has 1 saturated carbocycles. The molecule has 1 aliphatic heterocycles. The van der Waals surface area contributed by atoms with E-state index in [1.54, 1.807) is 0 Å². The second-order valence-corrected chi connectivity index (χ2v) is 3.66. The maximum Gasteiger partial charge on any atom is 0.308 e. The van der Waals surface area contributed by atoms with Crippen LogP contribution in [0.4, 0.5) is 0 Å². The van der Waals surface area contributed by atoms with Crippen molar-refractivity contribution in [3.63, 3.8) is 0 Å². The zero-order chi connectivity index (χ0) is 8.72. The predicted octanol–water partition coefficient (Wildman–Crippen LogP) is -0.0143. The molecule has 2 fully saturated rings. The van der Waals surface area contributed by atoms with Gasteiger partial charge in [0.1, 0.15) is 0 Å². The Labute approximate surface area is 69.9 Å². The van der Waals surface area contributed by atoms with Gasteiger partial charge in [0.15, 0.2) is 0 Å². The first-order valence-corrected chi connectivity index (χ1v) is 4.19. The van der Waals surface area contributed by atoms with Gasteiger partial charge in [-0.3, -0.25) is 9.59 Å². The molecule has 2 aliphatic rings. The second kappa shape index (κ2) is 2.47. The first kappa shape index (κ1) is 7.58. The van der Waals surface area contributed by atoms with Crippen molar-refractivity contribution in [2.75, 3.05) is 0 Å². The highest BCUT2D eigenvalue weighted by molar-refractivity contribution is 5.80. The molecule has 0 aromatic rings. The molecule has 1 saturated heterocycles. The van der Waals surface area contributed by atoms with E-state index in [0.29, 0.717) is 18.8 Å². The standard InChI is InChI=1S/C8H11NO3/c10-7-3-4-1-5(8(11)12)6(2-4)9-7/h4-6H,1-3H2,(H,9,10)(H,11,12)/t4-,5-,6-/m0/s1. The van der Waals surface area contributed by atoms with Gasteiger partial charge in [-0.2, -0.15) is 0 Å². The van der Waals surface area contributed by atoms with Gasteiger partial charge in [0.2, 0.25) is 5.91 Å². The van der Waals surface area contributed by atoms with Crippen molar-refractivity contribution < 1.29 is 14.7 Å². The van der Waals surface area contributed by atoms with Crippen LogP contribution in [0.5, 0.6) is 0 Å². The molecular weight excluding hydrogens is 158 g/mol. The van der Waals surface area contributed by atoms with Gasteiger partial charge in [-0.05, 0) is 18.8 Å². The van der Waals surface area contributed by atoms with E-state index in [1.165, 1.54) is 0 Å². The molecule has 1 amide bonds. The van der Waals surface area contributed by atoms with Crippen LogP contribution < -0.4 is 5.32 Å². The van der Waals surface area contributed by atoms with E-state index in [4.69, 9.17) is 5.11 Å². The van der Waals surface area contributed by atoms with Crippen molar-refractivity contribution in [2.24, 2.45) is 11.8 Å². The van der Waals surface area contributed by atoms with Gasteiger partial charge in [0.05, 0.1) is 5.92 Å². The zero-order valence-corrected chi connectivity index (χ0v) is 6.62. The molecule has 2 N–H and O–H groups in total. The number of aliphatic carboxylic acids is 1. The Kier molecular flexibility index (Phi) is 1.56. The Bertz CT molecular complexity index is 238. The molecule has 1 heterocycles. The maximum absolute atomic E-state index is 11.0. The third-order valence-corrected chi connectivity index (χ3v) is 2.80. The highest BCUT2D eigenvalue weighted by Gasteiger charge is 2.43. The van der Waals surface area contributed by atoms with Crippen molar-refractivity contribution in [1.29, 1.82) is 0 Å². The van der Waals surface area contributed by atoms with Crippen LogP contribution in [-0.2, 0) is 9.59 Å². The van der Waals surface area contributed by atoms with E-state index in [2.05, 4.69) is 5.32 Å². The molecule has 4 nitrogen and oxygen atoms in total. The summed E-state index contributed by atoms with van der Waals surface area (Å²) < 4.78 is 0. The van der Waals surface area contributed by atoms with E-state index in [1.807, 2.05) is 0 Å². The molecule has 2 bridgehead atoms. The summed E-state index contributed by atoms with van der Waals surface area (Å²) in [5, 5.41) is 11.5. The first-order chi connectivity index (χ1) is 5.66. The number of piperidine rings is 1. The van der Waals surface area contributed by atoms with E-state index >= 15 is 0 Å². The van der Waals surface area contributed by atoms with E-state index in [0.717, 1.165) is 6.42 Å². The van der Waals surface area contributed by atoms with Crippen LogP contribution in [0.2, 0.25) is 0 Å². The minimum atomic E-state index is -0.773. The molecule has 66 valence electrons. The summed E-state index contributed by atoms with van der Waals surface area (Å²) in [5.74, 6) is -0.795. The van der Waals surface area contributed by atoms with Crippen molar-refractivity contribution in [3.8, 4) is 0 Å². The van der Waals surface area contributed by atoms with Gasteiger partial charge in [-0.25, -0.2) is 0 Å². The molecule has 4 heteroatoms. The molecule has 0 unspecified atom stereocenters. The lowest BCUT2D eigenvalue weighted by Gasteiger charge is -2.20. The SMILES string of the molecule is O=C1C[C@@H]2C[C@H](N1)[C@@H](C(=O)O)C2. The number of hydrogen-bond donors (Lipinski definition) is 2. The molecule has 3 atom stereocenters. The van der Waals surface area contributed by atoms with Gasteiger partial charge < -0.3 is 10.4 Å². The summed E-state index contributed by atoms with van der Waals surface area (Å²) >= 11 is 0. The highest BCUT2D eigenvalue weighted by atomic mass is 16.4. The molecule has 2 rings (SSSR count). The Morgan fingerprint density at radius 2 is 2.25 bits per heavy atom. The fourth-order valence-electron chi connectivity index (χ4n) is 2.27. The average Bonchev–Trinajstić information content (AvgIpc) is 2.26. The first-order valence-electron chi connectivity index (χ1n) is 4.19. The van der Waals surface area contributed by atoms with Gasteiger partial charge in [0, 0.05) is 12.5 Å². The van der Waals surface area contributed by atoms with Crippen LogP contribution in [0, 0.1) is 11.8 Å². The fourth-order valence-corrected chi connectivity index (χ4v) is 2.27. The molecular formula is C8H11NO3. The summed E-state index contributed by atoms with van der Waals surface area (Å²) in [4.78, 5) is 21.7. The number of fused-ring (bicyclic) bond motifs is 2. The van der Waals surface area contributed by atoms with Gasteiger partial charge in [-0.15, -0.1) is 0 Å². The lowest BCUT2D eigenvalue weighted by atomic mass is 10.0. The number of carboxylic acid groups (broad SMARTS) is 1. The smallest absolute Gasteiger partial charge is 0.308 e. The minimum Gasteiger partial charge on any atom is -0.481 e. The topological polar surface area (TPSA) is 66.4 Å². The highest BCUT2D eigenvalue weighted by Crippen LogP contribution is 2.36.